The summed E-state index contributed by atoms with van der Waals surface area (Å²) in [5.41, 5.74) is 0.313. The molecule has 1 aromatic rings. The number of aliphatic hydroxyl groups excluding tert-OH is 1. The van der Waals surface area contributed by atoms with Crippen LogP contribution in [0.2, 0.25) is 0 Å². The van der Waals surface area contributed by atoms with Gasteiger partial charge in [-0.3, -0.25) is 9.59 Å². The molecule has 9 heteroatoms. The lowest BCUT2D eigenvalue weighted by molar-refractivity contribution is -0.138. The molecular weight excluding hydrogens is 345 g/mol. The molecule has 0 fully saturated rings. The van der Waals surface area contributed by atoms with Crippen molar-refractivity contribution in [1.82, 2.24) is 5.32 Å². The van der Waals surface area contributed by atoms with Gasteiger partial charge in [0.15, 0.2) is 0 Å². The van der Waals surface area contributed by atoms with Crippen molar-refractivity contribution in [1.29, 1.82) is 0 Å². The Hall–Kier alpha value is -1.94. The standard InChI is InChI=1S/C16H20BNO6S/c1-10(19)8-12(13-5-3-7-25-13)16(22)18-14-6-2-4-11(9-15(20)21)24-17(14)23/h2-5,7-8,10-11,14,19,23H,6,9H2,1H3,(H,18,22)(H,20,21)/b12-8+/t10?,11-,14+/m1/s1. The third-order valence-corrected chi connectivity index (χ3v) is 4.43. The van der Waals surface area contributed by atoms with Gasteiger partial charge in [0.1, 0.15) is 0 Å². The molecule has 134 valence electrons. The zero-order valence-electron chi connectivity index (χ0n) is 13.7. The first-order chi connectivity index (χ1) is 11.9. The van der Waals surface area contributed by atoms with Crippen LogP contribution in [0, 0.1) is 0 Å². The first-order valence-corrected chi connectivity index (χ1v) is 8.71. The van der Waals surface area contributed by atoms with E-state index in [0.29, 0.717) is 16.9 Å². The van der Waals surface area contributed by atoms with E-state index in [2.05, 4.69) is 5.32 Å². The van der Waals surface area contributed by atoms with Crippen LogP contribution in [0.1, 0.15) is 24.6 Å². The molecule has 7 nitrogen and oxygen atoms in total. The van der Waals surface area contributed by atoms with Crippen molar-refractivity contribution in [2.45, 2.75) is 37.9 Å². The second kappa shape index (κ2) is 8.96. The Morgan fingerprint density at radius 2 is 2.32 bits per heavy atom. The topological polar surface area (TPSA) is 116 Å². The average Bonchev–Trinajstić information content (AvgIpc) is 2.98. The zero-order chi connectivity index (χ0) is 18.4. The molecule has 1 unspecified atom stereocenters. The Balaban J connectivity index is 2.08. The van der Waals surface area contributed by atoms with Crippen LogP contribution < -0.4 is 5.32 Å². The molecule has 0 aromatic carbocycles. The average molecular weight is 365 g/mol. The summed E-state index contributed by atoms with van der Waals surface area (Å²) in [4.78, 5) is 24.1. The number of hydrogen-bond donors (Lipinski definition) is 4. The van der Waals surface area contributed by atoms with Gasteiger partial charge in [-0.2, -0.15) is 0 Å². The Bertz CT molecular complexity index is 658. The summed E-state index contributed by atoms with van der Waals surface area (Å²) < 4.78 is 5.29. The highest BCUT2D eigenvalue weighted by Gasteiger charge is 2.33. The quantitative estimate of drug-likeness (QED) is 0.337. The largest absolute Gasteiger partial charge is 0.481 e. The number of thiophene rings is 1. The third-order valence-electron chi connectivity index (χ3n) is 3.53. The van der Waals surface area contributed by atoms with E-state index < -0.39 is 37.1 Å². The molecule has 1 aliphatic rings. The van der Waals surface area contributed by atoms with Crippen molar-refractivity contribution in [3.63, 3.8) is 0 Å². The van der Waals surface area contributed by atoms with Gasteiger partial charge in [-0.25, -0.2) is 0 Å². The minimum Gasteiger partial charge on any atom is -0.481 e. The van der Waals surface area contributed by atoms with Gasteiger partial charge in [-0.1, -0.05) is 18.2 Å². The van der Waals surface area contributed by atoms with Gasteiger partial charge in [-0.05, 0) is 30.9 Å². The van der Waals surface area contributed by atoms with Crippen molar-refractivity contribution in [3.8, 4) is 0 Å². The molecule has 3 atom stereocenters. The number of amides is 1. The summed E-state index contributed by atoms with van der Waals surface area (Å²) in [5.74, 6) is -2.20. The van der Waals surface area contributed by atoms with Crippen molar-refractivity contribution < 1.29 is 29.5 Å². The fourth-order valence-corrected chi connectivity index (χ4v) is 3.17. The van der Waals surface area contributed by atoms with Gasteiger partial charge in [0.25, 0.3) is 5.91 Å². The minimum absolute atomic E-state index is 0.267. The summed E-state index contributed by atoms with van der Waals surface area (Å²) in [5, 5.41) is 33.1. The highest BCUT2D eigenvalue weighted by Crippen LogP contribution is 2.22. The Morgan fingerprint density at radius 3 is 2.92 bits per heavy atom. The molecule has 0 bridgehead atoms. The molecule has 0 aliphatic carbocycles. The first kappa shape index (κ1) is 19.4. The van der Waals surface area contributed by atoms with E-state index in [1.165, 1.54) is 17.4 Å². The van der Waals surface area contributed by atoms with Crippen LogP contribution in [0.5, 0.6) is 0 Å². The number of hydrogen-bond acceptors (Lipinski definition) is 6. The molecule has 0 spiro atoms. The molecule has 0 saturated carbocycles. The number of rotatable bonds is 6. The summed E-state index contributed by atoms with van der Waals surface area (Å²) >= 11 is 1.36. The molecule has 0 radical (unpaired) electrons. The van der Waals surface area contributed by atoms with Crippen LogP contribution >= 0.6 is 11.3 Å². The molecule has 2 heterocycles. The maximum atomic E-state index is 12.6. The minimum atomic E-state index is -1.33. The number of aliphatic hydroxyl groups is 1. The van der Waals surface area contributed by atoms with Crippen molar-refractivity contribution >= 4 is 35.9 Å². The van der Waals surface area contributed by atoms with Crippen LogP contribution in [-0.4, -0.2) is 52.4 Å². The number of carbonyl (C=O) groups is 2. The Morgan fingerprint density at radius 1 is 1.56 bits per heavy atom. The third kappa shape index (κ3) is 5.82. The van der Waals surface area contributed by atoms with E-state index in [1.807, 2.05) is 5.38 Å². The van der Waals surface area contributed by atoms with E-state index in [-0.39, 0.29) is 6.42 Å². The fraction of sp³-hybridized carbons (Fsp3) is 0.375. The van der Waals surface area contributed by atoms with Crippen molar-refractivity contribution in [2.24, 2.45) is 0 Å². The Labute approximate surface area is 149 Å². The number of carboxylic acid groups (broad SMARTS) is 1. The molecule has 1 aliphatic heterocycles. The Kier molecular flexibility index (Phi) is 6.95. The lowest BCUT2D eigenvalue weighted by Gasteiger charge is -2.21. The summed E-state index contributed by atoms with van der Waals surface area (Å²) in [6.45, 7) is 1.55. The highest BCUT2D eigenvalue weighted by atomic mass is 32.1. The van der Waals surface area contributed by atoms with Gasteiger partial charge >= 0.3 is 13.1 Å². The lowest BCUT2D eigenvalue weighted by Crippen LogP contribution is -2.48. The fourth-order valence-electron chi connectivity index (χ4n) is 2.42. The van der Waals surface area contributed by atoms with Crippen LogP contribution in [0.25, 0.3) is 5.57 Å². The van der Waals surface area contributed by atoms with E-state index in [0.717, 1.165) is 0 Å². The molecule has 1 aromatic heterocycles. The molecule has 0 saturated heterocycles. The maximum absolute atomic E-state index is 12.6. The zero-order valence-corrected chi connectivity index (χ0v) is 14.5. The molecular formula is C16H20BNO6S. The van der Waals surface area contributed by atoms with Crippen molar-refractivity contribution in [2.75, 3.05) is 0 Å². The monoisotopic (exact) mass is 365 g/mol. The predicted molar refractivity (Wildman–Crippen MR) is 94.8 cm³/mol. The normalized spacial score (nSPS) is 22.4. The van der Waals surface area contributed by atoms with Gasteiger partial charge < -0.3 is 25.2 Å². The second-order valence-electron chi connectivity index (χ2n) is 5.71. The van der Waals surface area contributed by atoms with Crippen LogP contribution in [0.4, 0.5) is 0 Å². The van der Waals surface area contributed by atoms with Crippen LogP contribution in [0.3, 0.4) is 0 Å². The maximum Gasteiger partial charge on any atom is 0.478 e. The van der Waals surface area contributed by atoms with E-state index in [9.17, 15) is 19.7 Å². The second-order valence-corrected chi connectivity index (χ2v) is 6.65. The van der Waals surface area contributed by atoms with Gasteiger partial charge in [-0.15, -0.1) is 11.3 Å². The molecule has 4 N–H and O–H groups in total. The van der Waals surface area contributed by atoms with Crippen LogP contribution in [-0.2, 0) is 14.2 Å². The van der Waals surface area contributed by atoms with Gasteiger partial charge in [0.05, 0.1) is 30.1 Å². The summed E-state index contributed by atoms with van der Waals surface area (Å²) in [6.07, 6.45) is 3.16. The van der Waals surface area contributed by atoms with Gasteiger partial charge in [0.2, 0.25) is 0 Å². The first-order valence-electron chi connectivity index (χ1n) is 7.83. The number of nitrogens with one attached hydrogen (secondary N) is 1. The van der Waals surface area contributed by atoms with E-state index >= 15 is 0 Å². The number of aliphatic carboxylic acids is 1. The molecule has 1 amide bonds. The predicted octanol–water partition coefficient (Wildman–Crippen LogP) is 0.837. The lowest BCUT2D eigenvalue weighted by atomic mass is 9.77. The van der Waals surface area contributed by atoms with Gasteiger partial charge in [0, 0.05) is 4.88 Å². The van der Waals surface area contributed by atoms with E-state index in [1.54, 1.807) is 31.2 Å². The summed E-state index contributed by atoms with van der Waals surface area (Å²) in [7, 11) is -1.33. The summed E-state index contributed by atoms with van der Waals surface area (Å²) in [6, 6.07) is 3.56. The van der Waals surface area contributed by atoms with Crippen molar-refractivity contribution in [3.05, 3.63) is 40.6 Å². The van der Waals surface area contributed by atoms with Crippen LogP contribution in [0.15, 0.2) is 35.7 Å². The van der Waals surface area contributed by atoms with E-state index in [4.69, 9.17) is 9.76 Å². The number of carboxylic acids is 1. The molecule has 2 rings (SSSR count). The SMILES string of the molecule is CC(O)/C=C(/C(=O)N[C@H]1CC=C[C@H](CC(=O)O)OB1O)c1cccs1. The molecule has 25 heavy (non-hydrogen) atoms. The highest BCUT2D eigenvalue weighted by molar-refractivity contribution is 7.11. The smallest absolute Gasteiger partial charge is 0.478 e. The number of carbonyl (C=O) groups excluding carboxylic acids is 1.